The van der Waals surface area contributed by atoms with Crippen LogP contribution in [0, 0.1) is 5.82 Å². The summed E-state index contributed by atoms with van der Waals surface area (Å²) in [5.74, 6) is -0.487. The molecule has 2 amide bonds. The van der Waals surface area contributed by atoms with Crippen molar-refractivity contribution >= 4 is 11.8 Å². The molecule has 0 bridgehead atoms. The van der Waals surface area contributed by atoms with E-state index < -0.39 is 6.04 Å². The molecular formula is C20H23FN2O4. The van der Waals surface area contributed by atoms with Gasteiger partial charge < -0.3 is 20.1 Å². The van der Waals surface area contributed by atoms with E-state index in [0.29, 0.717) is 18.9 Å². The highest BCUT2D eigenvalue weighted by molar-refractivity contribution is 5.86. The first-order valence-electron chi connectivity index (χ1n) is 8.48. The van der Waals surface area contributed by atoms with Gasteiger partial charge in [0.25, 0.3) is 0 Å². The summed E-state index contributed by atoms with van der Waals surface area (Å²) in [4.78, 5) is 23.3. The number of amides is 2. The zero-order chi connectivity index (χ0) is 19.6. The molecular weight excluding hydrogens is 351 g/mol. The number of benzene rings is 2. The zero-order valence-corrected chi connectivity index (χ0v) is 15.3. The van der Waals surface area contributed by atoms with Crippen LogP contribution in [0.1, 0.15) is 18.1 Å². The van der Waals surface area contributed by atoms with Crippen LogP contribution in [-0.4, -0.2) is 31.6 Å². The minimum atomic E-state index is -0.730. The van der Waals surface area contributed by atoms with E-state index >= 15 is 0 Å². The molecule has 27 heavy (non-hydrogen) atoms. The van der Waals surface area contributed by atoms with Crippen molar-refractivity contribution < 1.29 is 23.5 Å². The maximum absolute atomic E-state index is 13.1. The Bertz CT molecular complexity index is 765. The van der Waals surface area contributed by atoms with Crippen LogP contribution >= 0.6 is 0 Å². The summed E-state index contributed by atoms with van der Waals surface area (Å²) in [7, 11) is 1.47. The first kappa shape index (κ1) is 20.4. The molecule has 0 heterocycles. The van der Waals surface area contributed by atoms with Gasteiger partial charge in [0.15, 0.2) is 0 Å². The van der Waals surface area contributed by atoms with Crippen molar-refractivity contribution in [1.29, 1.82) is 0 Å². The maximum Gasteiger partial charge on any atom is 0.245 e. The summed E-state index contributed by atoms with van der Waals surface area (Å²) in [5.41, 5.74) is 1.82. The molecule has 2 aromatic carbocycles. The van der Waals surface area contributed by atoms with Crippen molar-refractivity contribution in [3.8, 4) is 5.75 Å². The van der Waals surface area contributed by atoms with Crippen LogP contribution in [0.2, 0.25) is 0 Å². The SMILES string of the molecule is COC[C@@H](NC(C)=O)C(=O)NCc1ccc(COc2cccc(F)c2)cc1. The minimum Gasteiger partial charge on any atom is -0.489 e. The topological polar surface area (TPSA) is 76.7 Å². The normalized spacial score (nSPS) is 11.5. The van der Waals surface area contributed by atoms with Crippen molar-refractivity contribution in [2.75, 3.05) is 13.7 Å². The average molecular weight is 374 g/mol. The molecule has 2 aromatic rings. The molecule has 7 heteroatoms. The highest BCUT2D eigenvalue weighted by atomic mass is 19.1. The van der Waals surface area contributed by atoms with Gasteiger partial charge in [-0.05, 0) is 23.3 Å². The Balaban J connectivity index is 1.84. The number of carbonyl (C=O) groups excluding carboxylic acids is 2. The molecule has 0 aliphatic rings. The van der Waals surface area contributed by atoms with Crippen molar-refractivity contribution in [3.63, 3.8) is 0 Å². The van der Waals surface area contributed by atoms with E-state index in [4.69, 9.17) is 9.47 Å². The summed E-state index contributed by atoms with van der Waals surface area (Å²) < 4.78 is 23.6. The molecule has 6 nitrogen and oxygen atoms in total. The predicted molar refractivity (Wildman–Crippen MR) is 98.5 cm³/mol. The van der Waals surface area contributed by atoms with Gasteiger partial charge in [0.05, 0.1) is 6.61 Å². The van der Waals surface area contributed by atoms with E-state index in [1.165, 1.54) is 26.2 Å². The number of halogens is 1. The van der Waals surface area contributed by atoms with Crippen molar-refractivity contribution in [1.82, 2.24) is 10.6 Å². The number of rotatable bonds is 9. The second-order valence-corrected chi connectivity index (χ2v) is 5.99. The highest BCUT2D eigenvalue weighted by Crippen LogP contribution is 2.14. The third-order valence-corrected chi connectivity index (χ3v) is 3.72. The lowest BCUT2D eigenvalue weighted by molar-refractivity contribution is -0.129. The predicted octanol–water partition coefficient (Wildman–Crippen LogP) is 2.17. The van der Waals surface area contributed by atoms with Gasteiger partial charge in [0, 0.05) is 26.6 Å². The second-order valence-electron chi connectivity index (χ2n) is 5.99. The molecule has 0 aliphatic carbocycles. The van der Waals surface area contributed by atoms with Gasteiger partial charge in [-0.3, -0.25) is 9.59 Å². The van der Waals surface area contributed by atoms with Gasteiger partial charge in [-0.2, -0.15) is 0 Å². The molecule has 0 radical (unpaired) electrons. The van der Waals surface area contributed by atoms with Crippen LogP contribution in [0.3, 0.4) is 0 Å². The van der Waals surface area contributed by atoms with Crippen molar-refractivity contribution in [2.45, 2.75) is 26.1 Å². The second kappa shape index (κ2) is 10.3. The third kappa shape index (κ3) is 7.07. The van der Waals surface area contributed by atoms with Crippen LogP contribution in [0.5, 0.6) is 5.75 Å². The van der Waals surface area contributed by atoms with Crippen molar-refractivity contribution in [2.24, 2.45) is 0 Å². The molecule has 2 rings (SSSR count). The van der Waals surface area contributed by atoms with E-state index in [1.54, 1.807) is 12.1 Å². The molecule has 2 N–H and O–H groups in total. The van der Waals surface area contributed by atoms with Gasteiger partial charge in [-0.1, -0.05) is 30.3 Å². The molecule has 0 saturated heterocycles. The summed E-state index contributed by atoms with van der Waals surface area (Å²) >= 11 is 0. The van der Waals surface area contributed by atoms with E-state index in [9.17, 15) is 14.0 Å². The Hall–Kier alpha value is -2.93. The quantitative estimate of drug-likeness (QED) is 0.705. The largest absolute Gasteiger partial charge is 0.489 e. The Morgan fingerprint density at radius 1 is 1.11 bits per heavy atom. The number of methoxy groups -OCH3 is 1. The van der Waals surface area contributed by atoms with Crippen LogP contribution in [-0.2, 0) is 27.5 Å². The number of hydrogen-bond acceptors (Lipinski definition) is 4. The first-order valence-corrected chi connectivity index (χ1v) is 8.48. The van der Waals surface area contributed by atoms with Crippen LogP contribution < -0.4 is 15.4 Å². The molecule has 0 spiro atoms. The summed E-state index contributed by atoms with van der Waals surface area (Å²) in [5, 5.41) is 5.31. The van der Waals surface area contributed by atoms with Crippen LogP contribution in [0.4, 0.5) is 4.39 Å². The smallest absolute Gasteiger partial charge is 0.245 e. The third-order valence-electron chi connectivity index (χ3n) is 3.72. The van der Waals surface area contributed by atoms with E-state index in [1.807, 2.05) is 24.3 Å². The van der Waals surface area contributed by atoms with Crippen LogP contribution in [0.25, 0.3) is 0 Å². The molecule has 0 aromatic heterocycles. The monoisotopic (exact) mass is 374 g/mol. The molecule has 0 aliphatic heterocycles. The van der Waals surface area contributed by atoms with Gasteiger partial charge in [0.1, 0.15) is 24.2 Å². The first-order chi connectivity index (χ1) is 13.0. The lowest BCUT2D eigenvalue weighted by Gasteiger charge is -2.16. The van der Waals surface area contributed by atoms with E-state index in [2.05, 4.69) is 10.6 Å². The number of carbonyl (C=O) groups is 2. The van der Waals surface area contributed by atoms with Crippen LogP contribution in [0.15, 0.2) is 48.5 Å². The maximum atomic E-state index is 13.1. The minimum absolute atomic E-state index is 0.0990. The Kier molecular flexibility index (Phi) is 7.76. The summed E-state index contributed by atoms with van der Waals surface area (Å²) in [6.45, 7) is 2.08. The standard InChI is InChI=1S/C20H23FN2O4/c1-14(24)23-19(13-26-2)20(25)22-11-15-6-8-16(9-7-15)12-27-18-5-3-4-17(21)10-18/h3-10,19H,11-13H2,1-2H3,(H,22,25)(H,23,24)/t19-/m1/s1. The Morgan fingerprint density at radius 2 is 1.81 bits per heavy atom. The number of ether oxygens (including phenoxy) is 2. The molecule has 0 fully saturated rings. The molecule has 1 atom stereocenters. The Labute approximate surface area is 157 Å². The summed E-state index contributed by atoms with van der Waals surface area (Å²) in [6, 6.07) is 12.7. The van der Waals surface area contributed by atoms with Gasteiger partial charge in [-0.15, -0.1) is 0 Å². The van der Waals surface area contributed by atoms with Crippen molar-refractivity contribution in [3.05, 3.63) is 65.5 Å². The highest BCUT2D eigenvalue weighted by Gasteiger charge is 2.18. The lowest BCUT2D eigenvalue weighted by atomic mass is 10.1. The van der Waals surface area contributed by atoms with E-state index in [0.717, 1.165) is 11.1 Å². The van der Waals surface area contributed by atoms with Gasteiger partial charge >= 0.3 is 0 Å². The fourth-order valence-electron chi connectivity index (χ4n) is 2.38. The zero-order valence-electron chi connectivity index (χ0n) is 15.3. The fraction of sp³-hybridized carbons (Fsp3) is 0.300. The summed E-state index contributed by atoms with van der Waals surface area (Å²) in [6.07, 6.45) is 0. The average Bonchev–Trinajstić information content (AvgIpc) is 2.64. The fourth-order valence-corrected chi connectivity index (χ4v) is 2.38. The molecule has 0 saturated carbocycles. The van der Waals surface area contributed by atoms with E-state index in [-0.39, 0.29) is 24.2 Å². The molecule has 0 unspecified atom stereocenters. The number of hydrogen-bond donors (Lipinski definition) is 2. The van der Waals surface area contributed by atoms with Gasteiger partial charge in [0.2, 0.25) is 11.8 Å². The molecule has 144 valence electrons. The lowest BCUT2D eigenvalue weighted by Crippen LogP contribution is -2.48. The Morgan fingerprint density at radius 3 is 2.44 bits per heavy atom. The number of nitrogens with one attached hydrogen (secondary N) is 2. The van der Waals surface area contributed by atoms with Gasteiger partial charge in [-0.25, -0.2) is 4.39 Å².